The Morgan fingerprint density at radius 3 is 2.52 bits per heavy atom. The molecule has 1 rings (SSSR count). The summed E-state index contributed by atoms with van der Waals surface area (Å²) in [7, 11) is 5.11. The average molecular weight is 297 g/mol. The van der Waals surface area contributed by atoms with E-state index in [1.54, 1.807) is 4.90 Å². The van der Waals surface area contributed by atoms with Gasteiger partial charge in [-0.1, -0.05) is 0 Å². The maximum atomic E-state index is 11.0. The molecule has 116 valence electrons. The summed E-state index contributed by atoms with van der Waals surface area (Å²) in [6, 6.07) is 4.33. The van der Waals surface area contributed by atoms with Crippen molar-refractivity contribution in [3.63, 3.8) is 0 Å². The summed E-state index contributed by atoms with van der Waals surface area (Å²) in [4.78, 5) is 24.9. The Hall–Kier alpha value is -2.35. The first-order valence-corrected chi connectivity index (χ1v) is 6.29. The second-order valence-corrected chi connectivity index (χ2v) is 4.73. The topological polar surface area (TPSA) is 96.2 Å². The highest BCUT2D eigenvalue weighted by atomic mass is 16.6. The van der Waals surface area contributed by atoms with E-state index in [4.69, 9.17) is 9.84 Å². The van der Waals surface area contributed by atoms with Gasteiger partial charge in [0.15, 0.2) is 5.75 Å². The number of benzene rings is 1. The van der Waals surface area contributed by atoms with E-state index in [2.05, 4.69) is 0 Å². The number of hydrogen-bond acceptors (Lipinski definition) is 6. The lowest BCUT2D eigenvalue weighted by atomic mass is 10.2. The van der Waals surface area contributed by atoms with Gasteiger partial charge in [0.2, 0.25) is 0 Å². The van der Waals surface area contributed by atoms with Crippen LogP contribution in [0, 0.1) is 10.1 Å². The van der Waals surface area contributed by atoms with Gasteiger partial charge in [-0.3, -0.25) is 14.9 Å². The lowest BCUT2D eigenvalue weighted by Crippen LogP contribution is -2.35. The fourth-order valence-corrected chi connectivity index (χ4v) is 1.80. The number of hydrogen-bond donors (Lipinski definition) is 1. The minimum absolute atomic E-state index is 0.109. The van der Waals surface area contributed by atoms with E-state index in [1.807, 2.05) is 19.0 Å². The second-order valence-electron chi connectivity index (χ2n) is 4.73. The van der Waals surface area contributed by atoms with Gasteiger partial charge >= 0.3 is 11.7 Å². The molecule has 0 spiro atoms. The van der Waals surface area contributed by atoms with Crippen molar-refractivity contribution in [2.75, 3.05) is 45.7 Å². The summed E-state index contributed by atoms with van der Waals surface area (Å²) >= 11 is 0. The lowest BCUT2D eigenvalue weighted by molar-refractivity contribution is -0.385. The lowest BCUT2D eigenvalue weighted by Gasteiger charge is -2.24. The SMILES string of the molecule is COc1cc(N(CCN(C)C)CC(=O)O)ccc1[N+](=O)[O-]. The molecule has 0 aromatic heterocycles. The fraction of sp³-hybridized carbons (Fsp3) is 0.462. The third kappa shape index (κ3) is 4.92. The van der Waals surface area contributed by atoms with Crippen molar-refractivity contribution in [2.24, 2.45) is 0 Å². The average Bonchev–Trinajstić information content (AvgIpc) is 2.42. The molecule has 0 saturated heterocycles. The summed E-state index contributed by atoms with van der Waals surface area (Å²) in [6.07, 6.45) is 0. The van der Waals surface area contributed by atoms with Crippen molar-refractivity contribution in [3.8, 4) is 5.75 Å². The predicted octanol–water partition coefficient (Wildman–Crippen LogP) is 1.06. The molecule has 0 atom stereocenters. The predicted molar refractivity (Wildman–Crippen MR) is 78.1 cm³/mol. The molecule has 8 nitrogen and oxygen atoms in total. The van der Waals surface area contributed by atoms with Crippen LogP contribution in [0.1, 0.15) is 0 Å². The van der Waals surface area contributed by atoms with E-state index in [9.17, 15) is 14.9 Å². The fourth-order valence-electron chi connectivity index (χ4n) is 1.80. The Morgan fingerprint density at radius 2 is 2.05 bits per heavy atom. The molecule has 0 aliphatic heterocycles. The third-order valence-corrected chi connectivity index (χ3v) is 2.87. The highest BCUT2D eigenvalue weighted by Crippen LogP contribution is 2.31. The molecule has 8 heteroatoms. The number of aliphatic carboxylic acids is 1. The Bertz CT molecular complexity index is 519. The zero-order valence-corrected chi connectivity index (χ0v) is 12.3. The number of nitro groups is 1. The van der Waals surface area contributed by atoms with Gasteiger partial charge in [0.25, 0.3) is 0 Å². The highest BCUT2D eigenvalue weighted by Gasteiger charge is 2.18. The van der Waals surface area contributed by atoms with Crippen LogP contribution in [0.4, 0.5) is 11.4 Å². The number of nitrogens with zero attached hydrogens (tertiary/aromatic N) is 3. The number of carbonyl (C=O) groups is 1. The molecule has 0 saturated carbocycles. The molecular weight excluding hydrogens is 278 g/mol. The minimum Gasteiger partial charge on any atom is -0.490 e. The van der Waals surface area contributed by atoms with Crippen LogP contribution >= 0.6 is 0 Å². The quantitative estimate of drug-likeness (QED) is 0.566. The largest absolute Gasteiger partial charge is 0.490 e. The first-order chi connectivity index (χ1) is 9.85. The summed E-state index contributed by atoms with van der Waals surface area (Å²) in [5.74, 6) is -0.858. The Morgan fingerprint density at radius 1 is 1.38 bits per heavy atom. The monoisotopic (exact) mass is 297 g/mol. The molecule has 0 aliphatic rings. The first kappa shape index (κ1) is 16.7. The Kier molecular flexibility index (Phi) is 5.92. The number of anilines is 1. The van der Waals surface area contributed by atoms with Gasteiger partial charge in [0, 0.05) is 30.9 Å². The smallest absolute Gasteiger partial charge is 0.323 e. The molecule has 21 heavy (non-hydrogen) atoms. The molecule has 0 heterocycles. The zero-order valence-electron chi connectivity index (χ0n) is 12.3. The molecule has 0 unspecified atom stereocenters. The highest BCUT2D eigenvalue weighted by molar-refractivity contribution is 5.74. The van der Waals surface area contributed by atoms with Crippen molar-refractivity contribution < 1.29 is 19.6 Å². The molecule has 0 fully saturated rings. The summed E-state index contributed by atoms with van der Waals surface area (Å²) in [5, 5.41) is 19.9. The van der Waals surface area contributed by atoms with E-state index in [-0.39, 0.29) is 18.0 Å². The van der Waals surface area contributed by atoms with Crippen LogP contribution < -0.4 is 9.64 Å². The van der Waals surface area contributed by atoms with Crippen LogP contribution in [0.25, 0.3) is 0 Å². The van der Waals surface area contributed by atoms with E-state index in [0.717, 1.165) is 0 Å². The first-order valence-electron chi connectivity index (χ1n) is 6.29. The Balaban J connectivity index is 3.06. The minimum atomic E-state index is -0.967. The number of methoxy groups -OCH3 is 1. The van der Waals surface area contributed by atoms with Crippen LogP contribution in [0.2, 0.25) is 0 Å². The summed E-state index contributed by atoms with van der Waals surface area (Å²) in [5.41, 5.74) is 0.422. The second kappa shape index (κ2) is 7.44. The van der Waals surface area contributed by atoms with Crippen molar-refractivity contribution in [1.29, 1.82) is 0 Å². The molecule has 1 aromatic carbocycles. The summed E-state index contributed by atoms with van der Waals surface area (Å²) < 4.78 is 5.00. The van der Waals surface area contributed by atoms with Crippen LogP contribution in [0.5, 0.6) is 5.75 Å². The van der Waals surface area contributed by atoms with Crippen molar-refractivity contribution in [2.45, 2.75) is 0 Å². The van der Waals surface area contributed by atoms with Gasteiger partial charge in [-0.15, -0.1) is 0 Å². The number of likely N-dealkylation sites (N-methyl/N-ethyl adjacent to an activating group) is 1. The van der Waals surface area contributed by atoms with E-state index < -0.39 is 10.9 Å². The van der Waals surface area contributed by atoms with Gasteiger partial charge in [0.1, 0.15) is 6.54 Å². The van der Waals surface area contributed by atoms with Gasteiger partial charge in [0.05, 0.1) is 12.0 Å². The molecule has 0 bridgehead atoms. The van der Waals surface area contributed by atoms with Crippen molar-refractivity contribution >= 4 is 17.3 Å². The van der Waals surface area contributed by atoms with Crippen LogP contribution in [-0.4, -0.2) is 61.7 Å². The van der Waals surface area contributed by atoms with Crippen molar-refractivity contribution in [3.05, 3.63) is 28.3 Å². The van der Waals surface area contributed by atoms with Gasteiger partial charge in [-0.05, 0) is 20.2 Å². The van der Waals surface area contributed by atoms with E-state index in [1.165, 1.54) is 25.3 Å². The van der Waals surface area contributed by atoms with Gasteiger partial charge in [-0.25, -0.2) is 0 Å². The number of carboxylic acids is 1. The molecular formula is C13H19N3O5. The zero-order chi connectivity index (χ0) is 16.0. The number of nitro benzene ring substituents is 1. The van der Waals surface area contributed by atoms with Crippen molar-refractivity contribution in [1.82, 2.24) is 4.90 Å². The maximum Gasteiger partial charge on any atom is 0.323 e. The maximum absolute atomic E-state index is 11.0. The van der Waals surface area contributed by atoms with E-state index >= 15 is 0 Å². The third-order valence-electron chi connectivity index (χ3n) is 2.87. The molecule has 0 aliphatic carbocycles. The molecule has 0 amide bonds. The van der Waals surface area contributed by atoms with Crippen LogP contribution in [0.15, 0.2) is 18.2 Å². The number of rotatable bonds is 8. The molecule has 1 N–H and O–H groups in total. The molecule has 1 aromatic rings. The summed E-state index contributed by atoms with van der Waals surface area (Å²) in [6.45, 7) is 0.960. The normalized spacial score (nSPS) is 10.5. The standard InChI is InChI=1S/C13H19N3O5/c1-14(2)6-7-15(9-13(17)18)10-4-5-11(16(19)20)12(8-10)21-3/h4-5,8H,6-7,9H2,1-3H3,(H,17,18). The van der Waals surface area contributed by atoms with Crippen LogP contribution in [-0.2, 0) is 4.79 Å². The Labute approximate surface area is 122 Å². The van der Waals surface area contributed by atoms with Gasteiger partial charge in [-0.2, -0.15) is 0 Å². The number of ether oxygens (including phenoxy) is 1. The molecule has 0 radical (unpaired) electrons. The van der Waals surface area contributed by atoms with E-state index in [0.29, 0.717) is 18.8 Å². The van der Waals surface area contributed by atoms with Gasteiger partial charge < -0.3 is 19.6 Å². The van der Waals surface area contributed by atoms with Crippen LogP contribution in [0.3, 0.4) is 0 Å². The number of carboxylic acid groups (broad SMARTS) is 1.